The van der Waals surface area contributed by atoms with Gasteiger partial charge in [0.05, 0.1) is 11.0 Å². The van der Waals surface area contributed by atoms with Crippen LogP contribution in [-0.4, -0.2) is 19.5 Å². The van der Waals surface area contributed by atoms with Gasteiger partial charge in [0.15, 0.2) is 17.5 Å². The number of thiophene rings is 1. The van der Waals surface area contributed by atoms with Crippen LogP contribution in [0.25, 0.3) is 93.0 Å². The lowest BCUT2D eigenvalue weighted by atomic mass is 9.95. The minimum absolute atomic E-state index is 0.637. The predicted octanol–water partition coefficient (Wildman–Crippen LogP) is 14.2. The van der Waals surface area contributed by atoms with E-state index >= 15 is 0 Å². The first-order valence-electron chi connectivity index (χ1n) is 19.7. The molecular formula is C53H36N4S. The van der Waals surface area contributed by atoms with Crippen LogP contribution in [0.2, 0.25) is 0 Å². The molecule has 0 saturated carbocycles. The van der Waals surface area contributed by atoms with E-state index in [9.17, 15) is 0 Å². The maximum atomic E-state index is 5.30. The van der Waals surface area contributed by atoms with Gasteiger partial charge in [-0.05, 0) is 77.6 Å². The van der Waals surface area contributed by atoms with Gasteiger partial charge in [-0.15, -0.1) is 11.3 Å². The van der Waals surface area contributed by atoms with Gasteiger partial charge in [-0.25, -0.2) is 15.0 Å². The molecule has 0 fully saturated rings. The molecule has 10 aromatic rings. The van der Waals surface area contributed by atoms with Crippen molar-refractivity contribution in [2.75, 3.05) is 0 Å². The Hall–Kier alpha value is -7.21. The number of hydrogen-bond acceptors (Lipinski definition) is 4. The zero-order valence-corrected chi connectivity index (χ0v) is 32.4. The molecule has 0 saturated heterocycles. The fraction of sp³-hybridized carbons (Fsp3) is 0.0377. The molecule has 7 aromatic carbocycles. The Bertz CT molecular complexity index is 3280. The van der Waals surface area contributed by atoms with Crippen molar-refractivity contribution in [1.82, 2.24) is 19.5 Å². The second-order valence-corrected chi connectivity index (χ2v) is 15.7. The van der Waals surface area contributed by atoms with Crippen molar-refractivity contribution in [1.29, 1.82) is 0 Å². The Kier molecular flexibility index (Phi) is 8.45. The number of para-hydroxylation sites is 2. The Morgan fingerprint density at radius 3 is 1.98 bits per heavy atom. The molecule has 0 spiro atoms. The number of benzene rings is 7. The van der Waals surface area contributed by atoms with Gasteiger partial charge in [0.2, 0.25) is 0 Å². The lowest BCUT2D eigenvalue weighted by Gasteiger charge is -2.12. The van der Waals surface area contributed by atoms with E-state index in [2.05, 4.69) is 199 Å². The SMILES string of the molecule is C1=C\C(c2cccc(-c3nc(-c4ccc5c6ccccc6n(-c6ccccc6)c5c4)nc(-c4cccc5c4sc4ccccc45)n3)c2)=C/C/C(c2ccccc2)=C/C/1. The molecule has 5 heteroatoms. The molecule has 0 atom stereocenters. The summed E-state index contributed by atoms with van der Waals surface area (Å²) in [5.74, 6) is 1.94. The van der Waals surface area contributed by atoms with Crippen molar-refractivity contribution in [3.63, 3.8) is 0 Å². The lowest BCUT2D eigenvalue weighted by Crippen LogP contribution is -2.01. The molecule has 1 aliphatic rings. The zero-order valence-electron chi connectivity index (χ0n) is 31.6. The van der Waals surface area contributed by atoms with E-state index < -0.39 is 0 Å². The minimum atomic E-state index is 0.637. The largest absolute Gasteiger partial charge is 0.309 e. The van der Waals surface area contributed by atoms with E-state index in [4.69, 9.17) is 15.0 Å². The standard InChI is InChI=1S/C53H36N4S/c1-3-15-35(16-4-1)36-17-7-8-18-37(30-29-36)38-19-13-20-39(33-38)51-54-52(56-53(55-51)46-26-14-25-45-44-24-10-12-28-49(44)58-50(45)46)40-31-32-43-42-23-9-11-27-47(42)57(48(43)34-40)41-21-5-2-6-22-41/h1-6,8-28,30-34H,7,29H2/b18-8-,36-17-,37-30+. The number of aromatic nitrogens is 4. The lowest BCUT2D eigenvalue weighted by molar-refractivity contribution is 1.08. The van der Waals surface area contributed by atoms with Gasteiger partial charge in [-0.2, -0.15) is 0 Å². The summed E-state index contributed by atoms with van der Waals surface area (Å²) in [6.07, 6.45) is 10.9. The van der Waals surface area contributed by atoms with Crippen LogP contribution in [-0.2, 0) is 0 Å². The van der Waals surface area contributed by atoms with Crippen LogP contribution in [0.4, 0.5) is 0 Å². The monoisotopic (exact) mass is 760 g/mol. The smallest absolute Gasteiger partial charge is 0.165 e. The third-order valence-corrected chi connectivity index (χ3v) is 12.4. The third kappa shape index (κ3) is 6.04. The van der Waals surface area contributed by atoms with E-state index in [0.29, 0.717) is 17.5 Å². The summed E-state index contributed by atoms with van der Waals surface area (Å²) < 4.78 is 4.76. The van der Waals surface area contributed by atoms with Crippen LogP contribution >= 0.6 is 11.3 Å². The van der Waals surface area contributed by atoms with Gasteiger partial charge in [-0.1, -0.05) is 152 Å². The second kappa shape index (κ2) is 14.4. The van der Waals surface area contributed by atoms with Gasteiger partial charge >= 0.3 is 0 Å². The number of hydrogen-bond donors (Lipinski definition) is 0. The Morgan fingerprint density at radius 1 is 0.466 bits per heavy atom. The van der Waals surface area contributed by atoms with E-state index in [1.807, 2.05) is 0 Å². The summed E-state index contributed by atoms with van der Waals surface area (Å²) in [6, 6.07) is 60.2. The average Bonchev–Trinajstić information content (AvgIpc) is 3.83. The summed E-state index contributed by atoms with van der Waals surface area (Å²) >= 11 is 1.79. The molecule has 0 amide bonds. The fourth-order valence-corrected chi connectivity index (χ4v) is 9.57. The molecule has 58 heavy (non-hydrogen) atoms. The van der Waals surface area contributed by atoms with Crippen molar-refractivity contribution in [3.05, 3.63) is 205 Å². The van der Waals surface area contributed by atoms with Crippen LogP contribution in [0.15, 0.2) is 194 Å². The molecule has 1 aliphatic carbocycles. The average molecular weight is 761 g/mol. The van der Waals surface area contributed by atoms with Gasteiger partial charge in [-0.3, -0.25) is 0 Å². The van der Waals surface area contributed by atoms with Gasteiger partial charge in [0.1, 0.15) is 0 Å². The van der Waals surface area contributed by atoms with Gasteiger partial charge in [0, 0.05) is 53.3 Å². The highest BCUT2D eigenvalue weighted by atomic mass is 32.1. The topological polar surface area (TPSA) is 43.6 Å². The summed E-state index contributed by atoms with van der Waals surface area (Å²) in [5, 5.41) is 4.86. The van der Waals surface area contributed by atoms with Crippen molar-refractivity contribution in [2.24, 2.45) is 0 Å². The summed E-state index contributed by atoms with van der Waals surface area (Å²) in [4.78, 5) is 15.9. The molecule has 3 aromatic heterocycles. The molecule has 11 rings (SSSR count). The van der Waals surface area contributed by atoms with E-state index in [1.165, 1.54) is 47.7 Å². The predicted molar refractivity (Wildman–Crippen MR) is 244 cm³/mol. The highest BCUT2D eigenvalue weighted by Gasteiger charge is 2.19. The maximum absolute atomic E-state index is 5.30. The summed E-state index contributed by atoms with van der Waals surface area (Å²) in [5.41, 5.74) is 11.2. The second-order valence-electron chi connectivity index (χ2n) is 14.7. The number of rotatable bonds is 6. The molecule has 3 heterocycles. The van der Waals surface area contributed by atoms with E-state index in [0.717, 1.165) is 51.8 Å². The molecule has 0 bridgehead atoms. The molecule has 0 N–H and O–H groups in total. The molecule has 4 nitrogen and oxygen atoms in total. The van der Waals surface area contributed by atoms with Crippen molar-refractivity contribution < 1.29 is 0 Å². The van der Waals surface area contributed by atoms with Gasteiger partial charge < -0.3 is 4.57 Å². The minimum Gasteiger partial charge on any atom is -0.309 e. The van der Waals surface area contributed by atoms with E-state index in [1.54, 1.807) is 11.3 Å². The first-order chi connectivity index (χ1) is 28.7. The third-order valence-electron chi connectivity index (χ3n) is 11.2. The number of nitrogens with zero attached hydrogens (tertiary/aromatic N) is 4. The van der Waals surface area contributed by atoms with E-state index in [-0.39, 0.29) is 0 Å². The first kappa shape index (κ1) is 34.1. The fourth-order valence-electron chi connectivity index (χ4n) is 8.36. The quantitative estimate of drug-likeness (QED) is 0.169. The van der Waals surface area contributed by atoms with Crippen LogP contribution in [0, 0.1) is 0 Å². The molecule has 0 radical (unpaired) electrons. The van der Waals surface area contributed by atoms with Gasteiger partial charge in [0.25, 0.3) is 0 Å². The molecule has 0 unspecified atom stereocenters. The van der Waals surface area contributed by atoms with Crippen LogP contribution in [0.1, 0.15) is 24.0 Å². The normalized spacial score (nSPS) is 15.5. The van der Waals surface area contributed by atoms with Crippen LogP contribution in [0.3, 0.4) is 0 Å². The van der Waals surface area contributed by atoms with Crippen molar-refractivity contribution in [3.8, 4) is 39.9 Å². The molecular weight excluding hydrogens is 725 g/mol. The number of fused-ring (bicyclic) bond motifs is 6. The molecule has 274 valence electrons. The maximum Gasteiger partial charge on any atom is 0.165 e. The Balaban J connectivity index is 1.09. The number of allylic oxidation sites excluding steroid dienone is 6. The summed E-state index contributed by atoms with van der Waals surface area (Å²) in [7, 11) is 0. The highest BCUT2D eigenvalue weighted by Crippen LogP contribution is 2.40. The highest BCUT2D eigenvalue weighted by molar-refractivity contribution is 7.26. The molecule has 0 aliphatic heterocycles. The Labute approximate surface area is 340 Å². The Morgan fingerprint density at radius 2 is 1.12 bits per heavy atom. The van der Waals surface area contributed by atoms with Crippen LogP contribution < -0.4 is 0 Å². The summed E-state index contributed by atoms with van der Waals surface area (Å²) in [6.45, 7) is 0. The van der Waals surface area contributed by atoms with Crippen molar-refractivity contribution >= 4 is 64.5 Å². The van der Waals surface area contributed by atoms with Crippen LogP contribution in [0.5, 0.6) is 0 Å². The van der Waals surface area contributed by atoms with Crippen molar-refractivity contribution in [2.45, 2.75) is 12.8 Å². The first-order valence-corrected chi connectivity index (χ1v) is 20.5. The zero-order chi connectivity index (χ0) is 38.4.